The summed E-state index contributed by atoms with van der Waals surface area (Å²) in [5.74, 6) is 0.842. The third-order valence-electron chi connectivity index (χ3n) is 6.90. The van der Waals surface area contributed by atoms with Crippen LogP contribution in [0.2, 0.25) is 0 Å². The number of alkyl halides is 2. The Bertz CT molecular complexity index is 1380. The predicted octanol–water partition coefficient (Wildman–Crippen LogP) is 5.81. The first kappa shape index (κ1) is 23.8. The minimum Gasteiger partial charge on any atom is -0.481 e. The van der Waals surface area contributed by atoms with Crippen LogP contribution < -0.4 is 4.74 Å². The highest BCUT2D eigenvalue weighted by atomic mass is 19.3. The number of hydrogen-bond donors (Lipinski definition) is 1. The number of nitrogens with zero attached hydrogens (tertiary/aromatic N) is 4. The highest BCUT2D eigenvalue weighted by Crippen LogP contribution is 2.35. The lowest BCUT2D eigenvalue weighted by atomic mass is 9.81. The molecule has 1 saturated carbocycles. The molecule has 7 nitrogen and oxygen atoms in total. The van der Waals surface area contributed by atoms with Gasteiger partial charge in [-0.3, -0.25) is 4.79 Å². The average Bonchev–Trinajstić information content (AvgIpc) is 3.19. The number of imidazole rings is 1. The fraction of sp³-hybridized carbons (Fsp3) is 0.333. The normalized spacial score (nSPS) is 18.0. The number of ether oxygens (including phenoxy) is 1. The van der Waals surface area contributed by atoms with Gasteiger partial charge in [-0.05, 0) is 56.4 Å². The van der Waals surface area contributed by atoms with Gasteiger partial charge in [0.05, 0.1) is 23.5 Å². The van der Waals surface area contributed by atoms with Gasteiger partial charge in [-0.15, -0.1) is 0 Å². The molecule has 1 fully saturated rings. The fourth-order valence-corrected chi connectivity index (χ4v) is 4.93. The van der Waals surface area contributed by atoms with Crippen LogP contribution in [0.3, 0.4) is 0 Å². The Morgan fingerprint density at radius 2 is 1.81 bits per heavy atom. The molecular weight excluding hydrogens is 466 g/mol. The molecule has 2 heterocycles. The van der Waals surface area contributed by atoms with E-state index in [0.29, 0.717) is 24.9 Å². The molecule has 2 aromatic heterocycles. The Morgan fingerprint density at radius 3 is 2.50 bits per heavy atom. The van der Waals surface area contributed by atoms with Gasteiger partial charge in [0.2, 0.25) is 0 Å². The molecule has 0 saturated heterocycles. The first-order chi connectivity index (χ1) is 17.4. The zero-order valence-electron chi connectivity index (χ0n) is 19.8. The largest absolute Gasteiger partial charge is 0.481 e. The van der Waals surface area contributed by atoms with Crippen molar-refractivity contribution in [3.63, 3.8) is 0 Å². The van der Waals surface area contributed by atoms with Crippen molar-refractivity contribution in [3.05, 3.63) is 72.1 Å². The molecule has 0 aliphatic heterocycles. The summed E-state index contributed by atoms with van der Waals surface area (Å²) < 4.78 is 32.4. The summed E-state index contributed by atoms with van der Waals surface area (Å²) >= 11 is 0. The number of hydrogen-bond acceptors (Lipinski definition) is 5. The van der Waals surface area contributed by atoms with Crippen LogP contribution >= 0.6 is 0 Å². The van der Waals surface area contributed by atoms with Crippen LogP contribution in [0.1, 0.15) is 48.8 Å². The van der Waals surface area contributed by atoms with Crippen molar-refractivity contribution < 1.29 is 23.4 Å². The summed E-state index contributed by atoms with van der Waals surface area (Å²) in [7, 11) is 0. The number of halogens is 2. The van der Waals surface area contributed by atoms with E-state index in [1.165, 1.54) is 6.07 Å². The van der Waals surface area contributed by atoms with Crippen LogP contribution in [0.15, 0.2) is 54.9 Å². The van der Waals surface area contributed by atoms with E-state index >= 15 is 0 Å². The first-order valence-electron chi connectivity index (χ1n) is 11.9. The van der Waals surface area contributed by atoms with Gasteiger partial charge in [0, 0.05) is 29.4 Å². The van der Waals surface area contributed by atoms with Crippen molar-refractivity contribution >= 4 is 17.0 Å². The number of aliphatic carboxylic acids is 1. The second kappa shape index (κ2) is 10.0. The molecule has 4 aromatic rings. The van der Waals surface area contributed by atoms with Gasteiger partial charge in [-0.25, -0.2) is 15.0 Å². The molecule has 0 unspecified atom stereocenters. The van der Waals surface area contributed by atoms with Gasteiger partial charge in [0.1, 0.15) is 17.4 Å². The molecule has 186 valence electrons. The van der Waals surface area contributed by atoms with Gasteiger partial charge >= 0.3 is 12.6 Å². The van der Waals surface area contributed by atoms with E-state index < -0.39 is 12.6 Å². The number of para-hydroxylation sites is 1. The van der Waals surface area contributed by atoms with E-state index in [4.69, 9.17) is 4.74 Å². The first-order valence-corrected chi connectivity index (χ1v) is 11.9. The Balaban J connectivity index is 1.40. The van der Waals surface area contributed by atoms with Gasteiger partial charge < -0.3 is 14.4 Å². The Morgan fingerprint density at radius 1 is 1.08 bits per heavy atom. The molecule has 36 heavy (non-hydrogen) atoms. The van der Waals surface area contributed by atoms with E-state index in [-0.39, 0.29) is 17.6 Å². The highest BCUT2D eigenvalue weighted by molar-refractivity contribution is 5.82. The smallest absolute Gasteiger partial charge is 0.387 e. The third kappa shape index (κ3) is 4.91. The lowest BCUT2D eigenvalue weighted by molar-refractivity contribution is -0.142. The monoisotopic (exact) mass is 492 g/mol. The Labute approximate surface area is 206 Å². The van der Waals surface area contributed by atoms with Crippen molar-refractivity contribution in [2.75, 3.05) is 0 Å². The van der Waals surface area contributed by atoms with Crippen LogP contribution in [0, 0.1) is 12.8 Å². The minimum absolute atomic E-state index is 0.145. The second-order valence-electron chi connectivity index (χ2n) is 9.15. The number of carbonyl (C=O) groups is 1. The number of carboxylic acid groups (broad SMARTS) is 1. The maximum atomic E-state index is 12.9. The van der Waals surface area contributed by atoms with E-state index in [1.54, 1.807) is 30.6 Å². The van der Waals surface area contributed by atoms with Crippen LogP contribution in [0.25, 0.3) is 22.2 Å². The zero-order chi connectivity index (χ0) is 25.2. The van der Waals surface area contributed by atoms with Crippen LogP contribution in [0.4, 0.5) is 8.78 Å². The molecule has 1 N–H and O–H groups in total. The summed E-state index contributed by atoms with van der Waals surface area (Å²) in [4.78, 5) is 25.0. The lowest BCUT2D eigenvalue weighted by Crippen LogP contribution is -2.21. The Hall–Kier alpha value is -3.88. The fourth-order valence-electron chi connectivity index (χ4n) is 4.93. The van der Waals surface area contributed by atoms with E-state index in [1.807, 2.05) is 29.7 Å². The van der Waals surface area contributed by atoms with Gasteiger partial charge in [0.15, 0.2) is 0 Å². The molecule has 0 amide bonds. The maximum absolute atomic E-state index is 12.9. The average molecular weight is 493 g/mol. The molecule has 0 spiro atoms. The SMILES string of the molecule is Cc1nc2ccc(-c3cnc(C4CCC(C(=O)O)CC4)nc3)cc2n1Cc1ccccc1OC(F)F. The van der Waals surface area contributed by atoms with Gasteiger partial charge in [-0.1, -0.05) is 24.3 Å². The molecule has 1 aliphatic rings. The molecule has 0 radical (unpaired) electrons. The standard InChI is InChI=1S/C27H26F2N4O3/c1-16-32-22-11-10-19(12-23(22)33(16)15-20-4-2-3-5-24(20)36-27(28)29)21-13-30-25(31-14-21)17-6-8-18(9-7-17)26(34)35/h2-5,10-14,17-18,27H,6-9,15H2,1H3,(H,34,35). The topological polar surface area (TPSA) is 90.1 Å². The number of carboxylic acids is 1. The van der Waals surface area contributed by atoms with Crippen LogP contribution in [0.5, 0.6) is 5.75 Å². The molecule has 0 atom stereocenters. The molecule has 2 aromatic carbocycles. The maximum Gasteiger partial charge on any atom is 0.387 e. The summed E-state index contributed by atoms with van der Waals surface area (Å²) in [6.45, 7) is -0.676. The number of aryl methyl sites for hydroxylation is 1. The number of fused-ring (bicyclic) bond motifs is 1. The summed E-state index contributed by atoms with van der Waals surface area (Å²) in [5.41, 5.74) is 4.08. The number of rotatable bonds is 7. The van der Waals surface area contributed by atoms with Crippen molar-refractivity contribution in [1.82, 2.24) is 19.5 Å². The van der Waals surface area contributed by atoms with Crippen molar-refractivity contribution in [2.24, 2.45) is 5.92 Å². The molecule has 5 rings (SSSR count). The third-order valence-corrected chi connectivity index (χ3v) is 6.90. The van der Waals surface area contributed by atoms with Crippen molar-refractivity contribution in [3.8, 4) is 16.9 Å². The molecular formula is C27H26F2N4O3. The number of benzene rings is 2. The molecule has 9 heteroatoms. The number of aromatic nitrogens is 4. The van der Waals surface area contributed by atoms with Gasteiger partial charge in [0.25, 0.3) is 0 Å². The summed E-state index contributed by atoms with van der Waals surface area (Å²) in [6.07, 6.45) is 6.44. The highest BCUT2D eigenvalue weighted by Gasteiger charge is 2.28. The van der Waals surface area contributed by atoms with Gasteiger partial charge in [-0.2, -0.15) is 8.78 Å². The minimum atomic E-state index is -2.89. The summed E-state index contributed by atoms with van der Waals surface area (Å²) in [6, 6.07) is 12.7. The molecule has 0 bridgehead atoms. The quantitative estimate of drug-likeness (QED) is 0.350. The lowest BCUT2D eigenvalue weighted by Gasteiger charge is -2.24. The Kier molecular flexibility index (Phi) is 6.63. The van der Waals surface area contributed by atoms with Crippen molar-refractivity contribution in [1.29, 1.82) is 0 Å². The predicted molar refractivity (Wildman–Crippen MR) is 130 cm³/mol. The van der Waals surface area contributed by atoms with Crippen LogP contribution in [-0.2, 0) is 11.3 Å². The zero-order valence-corrected chi connectivity index (χ0v) is 19.8. The van der Waals surface area contributed by atoms with E-state index in [0.717, 1.165) is 46.7 Å². The molecule has 1 aliphatic carbocycles. The van der Waals surface area contributed by atoms with E-state index in [9.17, 15) is 18.7 Å². The van der Waals surface area contributed by atoms with E-state index in [2.05, 4.69) is 15.0 Å². The van der Waals surface area contributed by atoms with Crippen LogP contribution in [-0.4, -0.2) is 37.2 Å². The summed E-state index contributed by atoms with van der Waals surface area (Å²) in [5, 5.41) is 9.21. The van der Waals surface area contributed by atoms with Crippen molar-refractivity contribution in [2.45, 2.75) is 51.7 Å². The second-order valence-corrected chi connectivity index (χ2v) is 9.15.